The van der Waals surface area contributed by atoms with Gasteiger partial charge in [0.2, 0.25) is 0 Å². The van der Waals surface area contributed by atoms with Gasteiger partial charge < -0.3 is 0 Å². The lowest BCUT2D eigenvalue weighted by atomic mass is 10.0. The van der Waals surface area contributed by atoms with Crippen molar-refractivity contribution in [2.24, 2.45) is 4.99 Å². The summed E-state index contributed by atoms with van der Waals surface area (Å²) in [5, 5.41) is 11.8. The molecule has 1 N–H and O–H groups in total. The number of aliphatic imine (C=N–C) groups is 1. The highest BCUT2D eigenvalue weighted by molar-refractivity contribution is 8.13. The Bertz CT molecular complexity index is 671. The van der Waals surface area contributed by atoms with E-state index in [1.165, 1.54) is 22.9 Å². The summed E-state index contributed by atoms with van der Waals surface area (Å²) in [6, 6.07) is 16.3. The SMILES string of the molecule is CSC(=Nc1cccc(-c2ccccc2C)c1)NC#N. The maximum absolute atomic E-state index is 8.66. The number of amidine groups is 1. The van der Waals surface area contributed by atoms with E-state index in [-0.39, 0.29) is 0 Å². The largest absolute Gasteiger partial charge is 0.271 e. The van der Waals surface area contributed by atoms with E-state index in [0.29, 0.717) is 5.17 Å². The summed E-state index contributed by atoms with van der Waals surface area (Å²) in [6.07, 6.45) is 3.78. The van der Waals surface area contributed by atoms with E-state index >= 15 is 0 Å². The second kappa shape index (κ2) is 6.78. The van der Waals surface area contributed by atoms with Crippen LogP contribution < -0.4 is 5.32 Å². The van der Waals surface area contributed by atoms with Gasteiger partial charge in [0, 0.05) is 0 Å². The molecule has 0 radical (unpaired) electrons. The van der Waals surface area contributed by atoms with Crippen LogP contribution in [0.25, 0.3) is 11.1 Å². The van der Waals surface area contributed by atoms with Gasteiger partial charge in [-0.25, -0.2) is 4.99 Å². The van der Waals surface area contributed by atoms with E-state index < -0.39 is 0 Å². The van der Waals surface area contributed by atoms with Crippen LogP contribution in [0.15, 0.2) is 53.5 Å². The number of thioether (sulfide) groups is 1. The lowest BCUT2D eigenvalue weighted by Crippen LogP contribution is -2.12. The van der Waals surface area contributed by atoms with Crippen molar-refractivity contribution in [1.29, 1.82) is 5.26 Å². The molecule has 0 aliphatic carbocycles. The summed E-state index contributed by atoms with van der Waals surface area (Å²) in [6.45, 7) is 2.09. The van der Waals surface area contributed by atoms with E-state index in [9.17, 15) is 0 Å². The number of nitriles is 1. The van der Waals surface area contributed by atoms with Crippen LogP contribution >= 0.6 is 11.8 Å². The molecule has 0 atom stereocenters. The molecular formula is C16H15N3S. The number of aryl methyl sites for hydroxylation is 1. The molecule has 2 aromatic carbocycles. The highest BCUT2D eigenvalue weighted by atomic mass is 32.2. The molecule has 0 heterocycles. The molecule has 0 aromatic heterocycles. The predicted molar refractivity (Wildman–Crippen MR) is 86.0 cm³/mol. The van der Waals surface area contributed by atoms with Gasteiger partial charge in [-0.05, 0) is 42.0 Å². The first-order valence-corrected chi connectivity index (χ1v) is 7.41. The topological polar surface area (TPSA) is 48.2 Å². The lowest BCUT2D eigenvalue weighted by Gasteiger charge is -2.07. The van der Waals surface area contributed by atoms with Crippen LogP contribution in [0.5, 0.6) is 0 Å². The van der Waals surface area contributed by atoms with Crippen molar-refractivity contribution < 1.29 is 0 Å². The van der Waals surface area contributed by atoms with E-state index in [4.69, 9.17) is 5.26 Å². The Morgan fingerprint density at radius 1 is 1.20 bits per heavy atom. The van der Waals surface area contributed by atoms with Gasteiger partial charge in [0.25, 0.3) is 0 Å². The highest BCUT2D eigenvalue weighted by Gasteiger charge is 2.02. The van der Waals surface area contributed by atoms with Gasteiger partial charge in [0.1, 0.15) is 0 Å². The van der Waals surface area contributed by atoms with Crippen LogP contribution in [0.2, 0.25) is 0 Å². The Morgan fingerprint density at radius 2 is 2.00 bits per heavy atom. The molecule has 0 spiro atoms. The zero-order valence-electron chi connectivity index (χ0n) is 11.4. The maximum Gasteiger partial charge on any atom is 0.183 e. The van der Waals surface area contributed by atoms with Gasteiger partial charge in [0.15, 0.2) is 11.4 Å². The van der Waals surface area contributed by atoms with E-state index in [1.54, 1.807) is 0 Å². The molecule has 0 amide bonds. The number of hydrogen-bond donors (Lipinski definition) is 1. The molecule has 20 heavy (non-hydrogen) atoms. The average molecular weight is 281 g/mol. The van der Waals surface area contributed by atoms with Crippen LogP contribution in [0, 0.1) is 18.4 Å². The van der Waals surface area contributed by atoms with Crippen LogP contribution in [0.1, 0.15) is 5.56 Å². The predicted octanol–water partition coefficient (Wildman–Crippen LogP) is 4.08. The Hall–Kier alpha value is -2.25. The number of hydrogen-bond acceptors (Lipinski definition) is 3. The normalized spacial score (nSPS) is 10.9. The van der Waals surface area contributed by atoms with Crippen LogP contribution in [-0.4, -0.2) is 11.4 Å². The standard InChI is InChI=1S/C16H15N3S/c1-12-6-3-4-9-15(12)13-7-5-8-14(10-13)19-16(20-2)18-11-17/h3-10H,1-2H3,(H,18,19). The quantitative estimate of drug-likeness (QED) is 0.390. The fraction of sp³-hybridized carbons (Fsp3) is 0.125. The molecule has 100 valence electrons. The Balaban J connectivity index is 2.39. The van der Waals surface area contributed by atoms with Gasteiger partial charge in [-0.15, -0.1) is 0 Å². The lowest BCUT2D eigenvalue weighted by molar-refractivity contribution is 1.28. The number of rotatable bonds is 2. The Kier molecular flexibility index (Phi) is 4.80. The van der Waals surface area contributed by atoms with Gasteiger partial charge in [-0.2, -0.15) is 5.26 Å². The second-order valence-electron chi connectivity index (χ2n) is 4.22. The summed E-state index contributed by atoms with van der Waals surface area (Å²) in [5.41, 5.74) is 4.39. The molecule has 0 saturated carbocycles. The third-order valence-corrected chi connectivity index (χ3v) is 3.47. The Labute approximate surface area is 123 Å². The second-order valence-corrected chi connectivity index (χ2v) is 5.02. The fourth-order valence-corrected chi connectivity index (χ4v) is 2.27. The zero-order valence-corrected chi connectivity index (χ0v) is 12.2. The molecule has 0 bridgehead atoms. The number of nitrogens with zero attached hydrogens (tertiary/aromatic N) is 2. The molecular weight excluding hydrogens is 266 g/mol. The monoisotopic (exact) mass is 281 g/mol. The van der Waals surface area contributed by atoms with Gasteiger partial charge >= 0.3 is 0 Å². The van der Waals surface area contributed by atoms with Crippen molar-refractivity contribution in [3.05, 3.63) is 54.1 Å². The van der Waals surface area contributed by atoms with E-state index in [0.717, 1.165) is 11.3 Å². The Morgan fingerprint density at radius 3 is 2.70 bits per heavy atom. The summed E-state index contributed by atoms with van der Waals surface area (Å²) in [7, 11) is 0. The molecule has 4 heteroatoms. The molecule has 0 saturated heterocycles. The van der Waals surface area contributed by atoms with Crippen LogP contribution in [0.3, 0.4) is 0 Å². The third kappa shape index (κ3) is 3.40. The molecule has 0 aliphatic heterocycles. The molecule has 3 nitrogen and oxygen atoms in total. The summed E-state index contributed by atoms with van der Waals surface area (Å²) < 4.78 is 0. The van der Waals surface area contributed by atoms with Crippen molar-refractivity contribution in [3.8, 4) is 17.3 Å². The summed E-state index contributed by atoms with van der Waals surface area (Å²) in [5.74, 6) is 0. The van der Waals surface area contributed by atoms with Crippen LogP contribution in [-0.2, 0) is 0 Å². The van der Waals surface area contributed by atoms with Gasteiger partial charge in [-0.3, -0.25) is 5.32 Å². The van der Waals surface area contributed by atoms with Crippen LogP contribution in [0.4, 0.5) is 5.69 Å². The maximum atomic E-state index is 8.66. The number of nitrogens with one attached hydrogen (secondary N) is 1. The first kappa shape index (κ1) is 14.2. The van der Waals surface area contributed by atoms with Crippen molar-refractivity contribution in [2.75, 3.05) is 6.26 Å². The number of benzene rings is 2. The van der Waals surface area contributed by atoms with Gasteiger partial charge in [0.05, 0.1) is 5.69 Å². The van der Waals surface area contributed by atoms with E-state index in [2.05, 4.69) is 35.4 Å². The molecule has 0 fully saturated rings. The first-order chi connectivity index (χ1) is 9.74. The van der Waals surface area contributed by atoms with Crippen molar-refractivity contribution in [3.63, 3.8) is 0 Å². The average Bonchev–Trinajstić information content (AvgIpc) is 2.47. The minimum Gasteiger partial charge on any atom is -0.271 e. The first-order valence-electron chi connectivity index (χ1n) is 6.18. The summed E-state index contributed by atoms with van der Waals surface area (Å²) >= 11 is 1.41. The van der Waals surface area contributed by atoms with Crippen molar-refractivity contribution >= 4 is 22.6 Å². The van der Waals surface area contributed by atoms with Crippen molar-refractivity contribution in [2.45, 2.75) is 6.92 Å². The molecule has 2 rings (SSSR count). The molecule has 0 unspecified atom stereocenters. The fourth-order valence-electron chi connectivity index (χ4n) is 1.93. The molecule has 0 aliphatic rings. The van der Waals surface area contributed by atoms with Gasteiger partial charge in [-0.1, -0.05) is 48.2 Å². The van der Waals surface area contributed by atoms with Crippen molar-refractivity contribution in [1.82, 2.24) is 5.32 Å². The highest BCUT2D eigenvalue weighted by Crippen LogP contribution is 2.27. The third-order valence-electron chi connectivity index (χ3n) is 2.89. The minimum atomic E-state index is 0.592. The minimum absolute atomic E-state index is 0.592. The molecule has 2 aromatic rings. The summed E-state index contributed by atoms with van der Waals surface area (Å²) in [4.78, 5) is 4.43. The van der Waals surface area contributed by atoms with E-state index in [1.807, 2.05) is 42.8 Å². The smallest absolute Gasteiger partial charge is 0.183 e. The zero-order chi connectivity index (χ0) is 14.4.